The van der Waals surface area contributed by atoms with Gasteiger partial charge in [0.2, 0.25) is 0 Å². The number of ketones is 1. The van der Waals surface area contributed by atoms with E-state index >= 15 is 0 Å². The van der Waals surface area contributed by atoms with E-state index in [1.807, 2.05) is 0 Å². The molecule has 0 aromatic heterocycles. The monoisotopic (exact) mass is 336 g/mol. The van der Waals surface area contributed by atoms with E-state index in [0.717, 1.165) is 19.3 Å². The van der Waals surface area contributed by atoms with Gasteiger partial charge in [-0.05, 0) is 26.2 Å². The number of phenolic OH excluding ortho intramolecular Hbond substituents is 1. The standard InChI is InChI=1S/C18H24O6/c1-10(19)16-14(22-3)9-15(23-4)17(18(16)21)12-7-5-6-8-13(12)24-11(2)20/h9,12-13,21H,5-8H2,1-4H3/t12-,13+/m1/s1. The minimum absolute atomic E-state index is 0.125. The number of benzene rings is 1. The van der Waals surface area contributed by atoms with Crippen LogP contribution in [0, 0.1) is 0 Å². The number of aromatic hydroxyl groups is 1. The SMILES string of the molecule is COc1cc(OC)c([C@@H]2CCCC[C@@H]2OC(C)=O)c(O)c1C(C)=O. The van der Waals surface area contributed by atoms with Crippen LogP contribution in [0.2, 0.25) is 0 Å². The average molecular weight is 336 g/mol. The Morgan fingerprint density at radius 2 is 1.71 bits per heavy atom. The summed E-state index contributed by atoms with van der Waals surface area (Å²) in [5.41, 5.74) is 0.634. The Morgan fingerprint density at radius 3 is 2.25 bits per heavy atom. The van der Waals surface area contributed by atoms with Gasteiger partial charge in [-0.25, -0.2) is 0 Å². The van der Waals surface area contributed by atoms with Gasteiger partial charge in [0, 0.05) is 24.5 Å². The molecular weight excluding hydrogens is 312 g/mol. The van der Waals surface area contributed by atoms with E-state index in [4.69, 9.17) is 14.2 Å². The molecule has 2 atom stereocenters. The van der Waals surface area contributed by atoms with E-state index in [-0.39, 0.29) is 40.8 Å². The molecule has 1 N–H and O–H groups in total. The molecule has 0 heterocycles. The summed E-state index contributed by atoms with van der Waals surface area (Å²) in [7, 11) is 2.93. The van der Waals surface area contributed by atoms with Crippen molar-refractivity contribution in [3.63, 3.8) is 0 Å². The molecule has 0 spiro atoms. The summed E-state index contributed by atoms with van der Waals surface area (Å²) in [5, 5.41) is 10.8. The summed E-state index contributed by atoms with van der Waals surface area (Å²) in [4.78, 5) is 23.4. The number of hydrogen-bond donors (Lipinski definition) is 1. The number of ether oxygens (including phenoxy) is 3. The van der Waals surface area contributed by atoms with E-state index < -0.39 is 0 Å². The first-order chi connectivity index (χ1) is 11.4. The maximum Gasteiger partial charge on any atom is 0.302 e. The quantitative estimate of drug-likeness (QED) is 0.657. The van der Waals surface area contributed by atoms with Crippen LogP contribution in [0.5, 0.6) is 17.2 Å². The first-order valence-electron chi connectivity index (χ1n) is 8.06. The van der Waals surface area contributed by atoms with Crippen LogP contribution >= 0.6 is 0 Å². The average Bonchev–Trinajstić information content (AvgIpc) is 2.53. The van der Waals surface area contributed by atoms with Gasteiger partial charge >= 0.3 is 5.97 Å². The molecule has 0 unspecified atom stereocenters. The number of rotatable bonds is 5. The molecule has 1 saturated carbocycles. The van der Waals surface area contributed by atoms with Gasteiger partial charge in [-0.2, -0.15) is 0 Å². The van der Waals surface area contributed by atoms with Gasteiger partial charge in [0.15, 0.2) is 5.78 Å². The number of methoxy groups -OCH3 is 2. The molecule has 24 heavy (non-hydrogen) atoms. The van der Waals surface area contributed by atoms with Crippen molar-refractivity contribution >= 4 is 11.8 Å². The Balaban J connectivity index is 2.59. The Bertz CT molecular complexity index is 637. The second-order valence-electron chi connectivity index (χ2n) is 6.01. The van der Waals surface area contributed by atoms with Crippen LogP contribution < -0.4 is 9.47 Å². The molecule has 6 nitrogen and oxygen atoms in total. The first-order valence-corrected chi connectivity index (χ1v) is 8.06. The topological polar surface area (TPSA) is 82.1 Å². The van der Waals surface area contributed by atoms with Crippen LogP contribution in [-0.2, 0) is 9.53 Å². The second-order valence-corrected chi connectivity index (χ2v) is 6.01. The van der Waals surface area contributed by atoms with Gasteiger partial charge in [-0.15, -0.1) is 0 Å². The van der Waals surface area contributed by atoms with E-state index in [9.17, 15) is 14.7 Å². The van der Waals surface area contributed by atoms with Gasteiger partial charge in [-0.3, -0.25) is 9.59 Å². The number of carbonyl (C=O) groups is 2. The lowest BCUT2D eigenvalue weighted by atomic mass is 9.79. The number of hydrogen-bond acceptors (Lipinski definition) is 6. The zero-order chi connectivity index (χ0) is 17.9. The fraction of sp³-hybridized carbons (Fsp3) is 0.556. The summed E-state index contributed by atoms with van der Waals surface area (Å²) in [6.45, 7) is 2.75. The van der Waals surface area contributed by atoms with Gasteiger partial charge in [0.1, 0.15) is 28.9 Å². The van der Waals surface area contributed by atoms with Crippen LogP contribution in [0.1, 0.15) is 61.4 Å². The van der Waals surface area contributed by atoms with Gasteiger partial charge < -0.3 is 19.3 Å². The van der Waals surface area contributed by atoms with Crippen molar-refractivity contribution in [3.05, 3.63) is 17.2 Å². The van der Waals surface area contributed by atoms with Crippen molar-refractivity contribution in [1.82, 2.24) is 0 Å². The minimum Gasteiger partial charge on any atom is -0.507 e. The van der Waals surface area contributed by atoms with Crippen LogP contribution in [0.3, 0.4) is 0 Å². The Hall–Kier alpha value is -2.24. The fourth-order valence-corrected chi connectivity index (χ4v) is 3.45. The molecule has 1 aromatic rings. The van der Waals surface area contributed by atoms with E-state index in [1.165, 1.54) is 28.1 Å². The van der Waals surface area contributed by atoms with E-state index in [2.05, 4.69) is 0 Å². The predicted molar refractivity (Wildman–Crippen MR) is 88.0 cm³/mol. The third kappa shape index (κ3) is 3.47. The minimum atomic E-state index is -0.356. The zero-order valence-corrected chi connectivity index (χ0v) is 14.5. The third-order valence-corrected chi connectivity index (χ3v) is 4.45. The largest absolute Gasteiger partial charge is 0.507 e. The van der Waals surface area contributed by atoms with Crippen molar-refractivity contribution in [3.8, 4) is 17.2 Å². The normalized spacial score (nSPS) is 20.3. The van der Waals surface area contributed by atoms with Crippen molar-refractivity contribution in [2.45, 2.75) is 51.6 Å². The molecule has 1 aliphatic carbocycles. The van der Waals surface area contributed by atoms with Crippen molar-refractivity contribution in [2.24, 2.45) is 0 Å². The van der Waals surface area contributed by atoms with Crippen LogP contribution in [0.25, 0.3) is 0 Å². The summed E-state index contributed by atoms with van der Waals surface area (Å²) in [5.74, 6) is -0.332. The molecule has 0 bridgehead atoms. The maximum absolute atomic E-state index is 12.0. The highest BCUT2D eigenvalue weighted by Crippen LogP contribution is 2.47. The Labute approximate surface area is 141 Å². The molecular formula is C18H24O6. The smallest absolute Gasteiger partial charge is 0.302 e. The lowest BCUT2D eigenvalue weighted by Gasteiger charge is -2.33. The summed E-state index contributed by atoms with van der Waals surface area (Å²) >= 11 is 0. The summed E-state index contributed by atoms with van der Waals surface area (Å²) in [6, 6.07) is 1.60. The molecule has 0 radical (unpaired) electrons. The number of Topliss-reactive ketones (excluding diaryl/α,β-unsaturated/α-hetero) is 1. The summed E-state index contributed by atoms with van der Waals surface area (Å²) < 4.78 is 16.1. The van der Waals surface area contributed by atoms with Crippen LogP contribution in [0.15, 0.2) is 6.07 Å². The molecule has 1 aromatic carbocycles. The summed E-state index contributed by atoms with van der Waals surface area (Å²) in [6.07, 6.45) is 3.02. The molecule has 132 valence electrons. The number of phenols is 1. The third-order valence-electron chi connectivity index (χ3n) is 4.45. The molecule has 0 aliphatic heterocycles. The number of carbonyl (C=O) groups excluding carboxylic acids is 2. The zero-order valence-electron chi connectivity index (χ0n) is 14.5. The Kier molecular flexibility index (Phi) is 5.70. The highest BCUT2D eigenvalue weighted by Gasteiger charge is 2.35. The van der Waals surface area contributed by atoms with Crippen molar-refractivity contribution in [1.29, 1.82) is 0 Å². The van der Waals surface area contributed by atoms with E-state index in [1.54, 1.807) is 6.07 Å². The van der Waals surface area contributed by atoms with Gasteiger partial charge in [-0.1, -0.05) is 6.42 Å². The van der Waals surface area contributed by atoms with Crippen LogP contribution in [-0.4, -0.2) is 37.2 Å². The highest BCUT2D eigenvalue weighted by molar-refractivity contribution is 6.00. The maximum atomic E-state index is 12.0. The Morgan fingerprint density at radius 1 is 1.08 bits per heavy atom. The lowest BCUT2D eigenvalue weighted by Crippen LogP contribution is -2.28. The molecule has 0 amide bonds. The lowest BCUT2D eigenvalue weighted by molar-refractivity contribution is -0.148. The van der Waals surface area contributed by atoms with Crippen molar-refractivity contribution in [2.75, 3.05) is 14.2 Å². The van der Waals surface area contributed by atoms with Crippen LogP contribution in [0.4, 0.5) is 0 Å². The molecule has 1 aliphatic rings. The highest BCUT2D eigenvalue weighted by atomic mass is 16.5. The molecule has 1 fully saturated rings. The molecule has 2 rings (SSSR count). The molecule has 0 saturated heterocycles. The predicted octanol–water partition coefficient (Wildman–Crippen LogP) is 3.20. The van der Waals surface area contributed by atoms with Gasteiger partial charge in [0.05, 0.1) is 14.2 Å². The van der Waals surface area contributed by atoms with Gasteiger partial charge in [0.25, 0.3) is 0 Å². The first kappa shape index (κ1) is 18.1. The van der Waals surface area contributed by atoms with E-state index in [0.29, 0.717) is 17.7 Å². The number of esters is 1. The second kappa shape index (κ2) is 7.55. The molecule has 6 heteroatoms. The van der Waals surface area contributed by atoms with Crippen molar-refractivity contribution < 1.29 is 28.9 Å². The fourth-order valence-electron chi connectivity index (χ4n) is 3.45.